The normalized spacial score (nSPS) is 18.6. The Hall–Kier alpha value is -4.15. The van der Waals surface area contributed by atoms with Gasteiger partial charge >= 0.3 is 0 Å². The summed E-state index contributed by atoms with van der Waals surface area (Å²) in [7, 11) is 0. The highest BCUT2D eigenvalue weighted by Crippen LogP contribution is 2.31. The maximum Gasteiger partial charge on any atom is 0.243 e. The van der Waals surface area contributed by atoms with E-state index in [-0.39, 0.29) is 18.0 Å². The number of carbonyl (C=O) groups excluding carboxylic acids is 1. The zero-order valence-electron chi connectivity index (χ0n) is 21.0. The number of benzene rings is 2. The number of hydrogen-bond acceptors (Lipinski definition) is 5. The second-order valence-corrected chi connectivity index (χ2v) is 9.79. The first-order chi connectivity index (χ1) is 18.1. The van der Waals surface area contributed by atoms with Crippen LogP contribution in [0, 0.1) is 11.3 Å². The lowest BCUT2D eigenvalue weighted by Crippen LogP contribution is -2.48. The van der Waals surface area contributed by atoms with Crippen LogP contribution in [0.25, 0.3) is 5.57 Å². The Kier molecular flexibility index (Phi) is 7.48. The van der Waals surface area contributed by atoms with Gasteiger partial charge in [0, 0.05) is 30.1 Å². The molecule has 3 atom stereocenters. The highest BCUT2D eigenvalue weighted by atomic mass is 16.2. The Balaban J connectivity index is 1.21. The van der Waals surface area contributed by atoms with Gasteiger partial charge in [0.2, 0.25) is 5.91 Å². The van der Waals surface area contributed by atoms with E-state index < -0.39 is 6.04 Å². The van der Waals surface area contributed by atoms with Crippen LogP contribution in [0.4, 0.5) is 0 Å². The Morgan fingerprint density at radius 3 is 2.59 bits per heavy atom. The van der Waals surface area contributed by atoms with E-state index in [0.29, 0.717) is 18.2 Å². The third kappa shape index (κ3) is 5.82. The van der Waals surface area contributed by atoms with Crippen molar-refractivity contribution in [2.45, 2.75) is 50.4 Å². The van der Waals surface area contributed by atoms with Crippen LogP contribution in [0.5, 0.6) is 0 Å². The quantitative estimate of drug-likeness (QED) is 0.407. The lowest BCUT2D eigenvalue weighted by Gasteiger charge is -2.26. The molecule has 37 heavy (non-hydrogen) atoms. The number of amides is 1. The summed E-state index contributed by atoms with van der Waals surface area (Å²) >= 11 is 0. The van der Waals surface area contributed by atoms with Gasteiger partial charge in [-0.15, -0.1) is 0 Å². The molecular weight excluding hydrogens is 460 g/mol. The van der Waals surface area contributed by atoms with Gasteiger partial charge in [0.1, 0.15) is 12.2 Å². The molecule has 2 aromatic carbocycles. The van der Waals surface area contributed by atoms with Crippen molar-refractivity contribution in [2.75, 3.05) is 6.54 Å². The molecule has 1 aliphatic heterocycles. The lowest BCUT2D eigenvalue weighted by molar-refractivity contribution is -0.123. The van der Waals surface area contributed by atoms with Gasteiger partial charge in [0.25, 0.3) is 0 Å². The molecule has 7 nitrogen and oxygen atoms in total. The zero-order valence-corrected chi connectivity index (χ0v) is 21.0. The smallest absolute Gasteiger partial charge is 0.243 e. The molecule has 2 aliphatic rings. The van der Waals surface area contributed by atoms with Crippen LogP contribution in [0.15, 0.2) is 85.3 Å². The van der Waals surface area contributed by atoms with E-state index in [1.165, 1.54) is 19.3 Å². The van der Waals surface area contributed by atoms with Crippen molar-refractivity contribution in [1.82, 2.24) is 25.7 Å². The number of nitriles is 1. The second kappa shape index (κ2) is 11.3. The van der Waals surface area contributed by atoms with E-state index >= 15 is 0 Å². The molecule has 0 bridgehead atoms. The molecule has 0 radical (unpaired) electrons. The molecule has 1 saturated carbocycles. The van der Waals surface area contributed by atoms with Crippen molar-refractivity contribution in [2.24, 2.45) is 0 Å². The van der Waals surface area contributed by atoms with E-state index in [1.54, 1.807) is 0 Å². The second-order valence-electron chi connectivity index (χ2n) is 9.79. The Labute approximate surface area is 217 Å². The summed E-state index contributed by atoms with van der Waals surface area (Å²) in [6.07, 6.45) is 13.3. The molecule has 7 heteroatoms. The highest BCUT2D eigenvalue weighted by molar-refractivity contribution is 5.84. The molecule has 3 unspecified atom stereocenters. The molecule has 188 valence electrons. The standard InChI is InChI=1S/C30H32N6O/c1-21(23-12-10-22(16-31)11-13-23)17-33-29(24-6-3-2-4-7-24)30(37)35-28-15-14-25(18-32-28)26-19-34-36(20-26)27-8-5-9-27/h2-4,6-7,10-15,18-21,27-29,32-33H,5,8-9,17H2,1H3,(H,35,37). The van der Waals surface area contributed by atoms with Crippen LogP contribution in [0.3, 0.4) is 0 Å². The molecule has 3 aromatic rings. The molecule has 2 heterocycles. The number of hydrogen-bond donors (Lipinski definition) is 3. The minimum absolute atomic E-state index is 0.102. The molecule has 1 aromatic heterocycles. The predicted molar refractivity (Wildman–Crippen MR) is 144 cm³/mol. The maximum atomic E-state index is 13.4. The molecule has 1 aliphatic carbocycles. The van der Waals surface area contributed by atoms with Gasteiger partial charge in [-0.05, 0) is 54.5 Å². The molecular formula is C30H32N6O. The van der Waals surface area contributed by atoms with Gasteiger partial charge in [-0.3, -0.25) is 9.48 Å². The Bertz CT molecular complexity index is 1310. The first-order valence-corrected chi connectivity index (χ1v) is 12.9. The number of carbonyl (C=O) groups is 1. The summed E-state index contributed by atoms with van der Waals surface area (Å²) in [5.74, 6) is 0.0702. The summed E-state index contributed by atoms with van der Waals surface area (Å²) < 4.78 is 2.07. The van der Waals surface area contributed by atoms with Gasteiger partial charge < -0.3 is 16.0 Å². The third-order valence-corrected chi connectivity index (χ3v) is 7.20. The SMILES string of the molecule is CC(CNC(C(=O)NC1C=CC(c2cnn(C3CCC3)c2)=CN1)c1ccccc1)c1ccc(C#N)cc1. The van der Waals surface area contributed by atoms with Crippen molar-refractivity contribution in [3.63, 3.8) is 0 Å². The number of aromatic nitrogens is 2. The molecule has 1 amide bonds. The van der Waals surface area contributed by atoms with E-state index in [0.717, 1.165) is 22.3 Å². The number of dihydropyridines is 1. The summed E-state index contributed by atoms with van der Waals surface area (Å²) in [5.41, 5.74) is 4.79. The Morgan fingerprint density at radius 2 is 1.95 bits per heavy atom. The van der Waals surface area contributed by atoms with E-state index in [2.05, 4.69) is 44.9 Å². The fourth-order valence-corrected chi connectivity index (χ4v) is 4.63. The molecule has 1 fully saturated rings. The van der Waals surface area contributed by atoms with Crippen LogP contribution >= 0.6 is 0 Å². The minimum Gasteiger partial charge on any atom is -0.368 e. The average molecular weight is 493 g/mol. The number of nitrogens with one attached hydrogen (secondary N) is 3. The maximum absolute atomic E-state index is 13.4. The minimum atomic E-state index is -0.497. The molecule has 3 N–H and O–H groups in total. The van der Waals surface area contributed by atoms with Crippen LogP contribution in [0.2, 0.25) is 0 Å². The summed E-state index contributed by atoms with van der Waals surface area (Å²) in [6, 6.07) is 19.5. The average Bonchev–Trinajstić information content (AvgIpc) is 3.38. The predicted octanol–water partition coefficient (Wildman–Crippen LogP) is 4.56. The molecule has 5 rings (SSSR count). The number of allylic oxidation sites excluding steroid dienone is 2. The molecule has 0 spiro atoms. The van der Waals surface area contributed by atoms with Crippen molar-refractivity contribution in [3.05, 3.63) is 108 Å². The first kappa shape index (κ1) is 24.5. The fraction of sp³-hybridized carbons (Fsp3) is 0.300. The van der Waals surface area contributed by atoms with E-state index in [9.17, 15) is 4.79 Å². The van der Waals surface area contributed by atoms with Gasteiger partial charge in [0.15, 0.2) is 0 Å². The van der Waals surface area contributed by atoms with Crippen LogP contribution in [0.1, 0.15) is 66.4 Å². The monoisotopic (exact) mass is 492 g/mol. The topological polar surface area (TPSA) is 94.8 Å². The summed E-state index contributed by atoms with van der Waals surface area (Å²) in [6.45, 7) is 2.72. The fourth-order valence-electron chi connectivity index (χ4n) is 4.63. The number of rotatable bonds is 9. The zero-order chi connectivity index (χ0) is 25.6. The lowest BCUT2D eigenvalue weighted by atomic mass is 9.93. The van der Waals surface area contributed by atoms with Crippen LogP contribution < -0.4 is 16.0 Å². The van der Waals surface area contributed by atoms with Gasteiger partial charge in [-0.1, -0.05) is 55.5 Å². The van der Waals surface area contributed by atoms with Gasteiger partial charge in [0.05, 0.1) is 23.9 Å². The largest absolute Gasteiger partial charge is 0.368 e. The number of nitrogens with zero attached hydrogens (tertiary/aromatic N) is 3. The van der Waals surface area contributed by atoms with Crippen molar-refractivity contribution >= 4 is 11.5 Å². The van der Waals surface area contributed by atoms with Gasteiger partial charge in [-0.2, -0.15) is 10.4 Å². The highest BCUT2D eigenvalue weighted by Gasteiger charge is 2.24. The summed E-state index contributed by atoms with van der Waals surface area (Å²) in [5, 5.41) is 23.4. The van der Waals surface area contributed by atoms with Crippen molar-refractivity contribution < 1.29 is 4.79 Å². The van der Waals surface area contributed by atoms with E-state index in [4.69, 9.17) is 5.26 Å². The third-order valence-electron chi connectivity index (χ3n) is 7.20. The van der Waals surface area contributed by atoms with Crippen LogP contribution in [-0.4, -0.2) is 28.4 Å². The first-order valence-electron chi connectivity index (χ1n) is 12.9. The van der Waals surface area contributed by atoms with Gasteiger partial charge in [-0.25, -0.2) is 0 Å². The summed E-state index contributed by atoms with van der Waals surface area (Å²) in [4.78, 5) is 13.4. The molecule has 0 saturated heterocycles. The van der Waals surface area contributed by atoms with Crippen LogP contribution in [-0.2, 0) is 4.79 Å². The van der Waals surface area contributed by atoms with Crippen molar-refractivity contribution in [1.29, 1.82) is 5.26 Å². The van der Waals surface area contributed by atoms with E-state index in [1.807, 2.05) is 79.1 Å². The van der Waals surface area contributed by atoms with Crippen molar-refractivity contribution in [3.8, 4) is 6.07 Å². The Morgan fingerprint density at radius 1 is 1.16 bits per heavy atom.